The normalized spacial score (nSPS) is 11.7. The Morgan fingerprint density at radius 2 is 1.79 bits per heavy atom. The molecule has 0 fully saturated rings. The van der Waals surface area contributed by atoms with Crippen molar-refractivity contribution in [2.24, 2.45) is 4.99 Å². The SMILES string of the molecule is CCNC(=NCc1ccc(OCCCN(C)C)cc1)NCCCOCCOC. The molecule has 0 bridgehead atoms. The van der Waals surface area contributed by atoms with Crippen molar-refractivity contribution in [3.63, 3.8) is 0 Å². The molecule has 1 aromatic carbocycles. The van der Waals surface area contributed by atoms with Crippen LogP contribution >= 0.6 is 0 Å². The fourth-order valence-corrected chi connectivity index (χ4v) is 2.40. The largest absolute Gasteiger partial charge is 0.494 e. The average Bonchev–Trinajstić information content (AvgIpc) is 2.69. The van der Waals surface area contributed by atoms with Gasteiger partial charge in [-0.15, -0.1) is 0 Å². The van der Waals surface area contributed by atoms with Crippen LogP contribution in [0.1, 0.15) is 25.3 Å². The van der Waals surface area contributed by atoms with Gasteiger partial charge in [0.1, 0.15) is 5.75 Å². The molecule has 160 valence electrons. The Balaban J connectivity index is 2.32. The van der Waals surface area contributed by atoms with Crippen molar-refractivity contribution in [2.75, 3.05) is 67.3 Å². The molecule has 0 aliphatic carbocycles. The zero-order valence-corrected chi connectivity index (χ0v) is 18.0. The molecule has 1 rings (SSSR count). The number of hydrogen-bond donors (Lipinski definition) is 2. The zero-order chi connectivity index (χ0) is 20.5. The van der Waals surface area contributed by atoms with Crippen molar-refractivity contribution in [3.05, 3.63) is 29.8 Å². The molecule has 0 saturated heterocycles. The summed E-state index contributed by atoms with van der Waals surface area (Å²) in [5, 5.41) is 6.60. The van der Waals surface area contributed by atoms with Gasteiger partial charge in [-0.2, -0.15) is 0 Å². The summed E-state index contributed by atoms with van der Waals surface area (Å²) < 4.78 is 16.2. The Labute approximate surface area is 170 Å². The maximum atomic E-state index is 5.77. The quantitative estimate of drug-likeness (QED) is 0.270. The van der Waals surface area contributed by atoms with Gasteiger partial charge in [0.05, 0.1) is 26.4 Å². The molecule has 7 nitrogen and oxygen atoms in total. The van der Waals surface area contributed by atoms with Crippen molar-refractivity contribution in [3.8, 4) is 5.75 Å². The summed E-state index contributed by atoms with van der Waals surface area (Å²) in [5.74, 6) is 1.73. The van der Waals surface area contributed by atoms with Crippen LogP contribution in [0.2, 0.25) is 0 Å². The summed E-state index contributed by atoms with van der Waals surface area (Å²) in [4.78, 5) is 6.80. The highest BCUT2D eigenvalue weighted by molar-refractivity contribution is 5.79. The molecule has 0 spiro atoms. The molecule has 28 heavy (non-hydrogen) atoms. The third-order valence-corrected chi connectivity index (χ3v) is 3.90. The van der Waals surface area contributed by atoms with Crippen LogP contribution < -0.4 is 15.4 Å². The third kappa shape index (κ3) is 12.5. The standard InChI is InChI=1S/C21H38N4O3/c1-5-22-21(23-12-6-14-27-17-16-26-4)24-18-19-8-10-20(11-9-19)28-15-7-13-25(2)3/h8-11H,5-7,12-18H2,1-4H3,(H2,22,23,24). The van der Waals surface area contributed by atoms with Crippen LogP contribution in [-0.2, 0) is 16.0 Å². The van der Waals surface area contributed by atoms with Crippen molar-refractivity contribution >= 4 is 5.96 Å². The lowest BCUT2D eigenvalue weighted by molar-refractivity contribution is 0.0698. The molecule has 2 N–H and O–H groups in total. The van der Waals surface area contributed by atoms with Crippen LogP contribution in [-0.4, -0.2) is 78.1 Å². The van der Waals surface area contributed by atoms with Gasteiger partial charge in [-0.1, -0.05) is 12.1 Å². The molecule has 7 heteroatoms. The number of benzene rings is 1. The lowest BCUT2D eigenvalue weighted by Crippen LogP contribution is -2.38. The topological polar surface area (TPSA) is 67.4 Å². The Kier molecular flexibility index (Phi) is 14.0. The van der Waals surface area contributed by atoms with Gasteiger partial charge in [0.2, 0.25) is 0 Å². The number of nitrogens with zero attached hydrogens (tertiary/aromatic N) is 2. The van der Waals surface area contributed by atoms with Crippen LogP contribution in [0.5, 0.6) is 5.75 Å². The molecule has 0 amide bonds. The zero-order valence-electron chi connectivity index (χ0n) is 18.0. The summed E-state index contributed by atoms with van der Waals surface area (Å²) in [6, 6.07) is 8.16. The molecule has 0 aliphatic heterocycles. The number of aliphatic imine (C=N–C) groups is 1. The maximum Gasteiger partial charge on any atom is 0.191 e. The first-order chi connectivity index (χ1) is 13.7. The van der Waals surface area contributed by atoms with Gasteiger partial charge in [-0.3, -0.25) is 0 Å². The van der Waals surface area contributed by atoms with Crippen molar-refractivity contribution in [1.82, 2.24) is 15.5 Å². The summed E-state index contributed by atoms with van der Waals surface area (Å²) in [6.07, 6.45) is 1.95. The summed E-state index contributed by atoms with van der Waals surface area (Å²) in [6.45, 7) is 8.09. The minimum Gasteiger partial charge on any atom is -0.494 e. The van der Waals surface area contributed by atoms with Crippen LogP contribution in [0, 0.1) is 0 Å². The first kappa shape index (κ1) is 24.2. The first-order valence-corrected chi connectivity index (χ1v) is 10.1. The van der Waals surface area contributed by atoms with E-state index >= 15 is 0 Å². The molecule has 0 radical (unpaired) electrons. The van der Waals surface area contributed by atoms with E-state index in [1.54, 1.807) is 7.11 Å². The highest BCUT2D eigenvalue weighted by Crippen LogP contribution is 2.13. The van der Waals surface area contributed by atoms with Gasteiger partial charge in [0.15, 0.2) is 5.96 Å². The summed E-state index contributed by atoms with van der Waals surface area (Å²) >= 11 is 0. The molecule has 0 heterocycles. The molecular weight excluding hydrogens is 356 g/mol. The van der Waals surface area contributed by atoms with Crippen LogP contribution in [0.4, 0.5) is 0 Å². The fourth-order valence-electron chi connectivity index (χ4n) is 2.40. The Hall–Kier alpha value is -1.83. The van der Waals surface area contributed by atoms with E-state index in [-0.39, 0.29) is 0 Å². The molecule has 0 unspecified atom stereocenters. The smallest absolute Gasteiger partial charge is 0.191 e. The summed E-state index contributed by atoms with van der Waals surface area (Å²) in [5.41, 5.74) is 1.15. The van der Waals surface area contributed by atoms with E-state index in [9.17, 15) is 0 Å². The second-order valence-corrected chi connectivity index (χ2v) is 6.73. The number of rotatable bonds is 15. The monoisotopic (exact) mass is 394 g/mol. The fraction of sp³-hybridized carbons (Fsp3) is 0.667. The highest BCUT2D eigenvalue weighted by Gasteiger charge is 1.99. The van der Waals surface area contributed by atoms with Crippen molar-refractivity contribution in [1.29, 1.82) is 0 Å². The first-order valence-electron chi connectivity index (χ1n) is 10.1. The molecule has 0 saturated carbocycles. The van der Waals surface area contributed by atoms with E-state index in [1.807, 2.05) is 12.1 Å². The van der Waals surface area contributed by atoms with Gasteiger partial charge in [-0.25, -0.2) is 4.99 Å². The third-order valence-electron chi connectivity index (χ3n) is 3.90. The Morgan fingerprint density at radius 3 is 2.46 bits per heavy atom. The second-order valence-electron chi connectivity index (χ2n) is 6.73. The molecular formula is C21H38N4O3. The number of nitrogens with one attached hydrogen (secondary N) is 2. The average molecular weight is 395 g/mol. The van der Waals surface area contributed by atoms with Gasteiger partial charge >= 0.3 is 0 Å². The van der Waals surface area contributed by atoms with Gasteiger partial charge in [0.25, 0.3) is 0 Å². The van der Waals surface area contributed by atoms with E-state index in [1.165, 1.54) is 0 Å². The number of hydrogen-bond acceptors (Lipinski definition) is 5. The van der Waals surface area contributed by atoms with E-state index in [2.05, 4.69) is 53.7 Å². The van der Waals surface area contributed by atoms with Crippen molar-refractivity contribution in [2.45, 2.75) is 26.3 Å². The maximum absolute atomic E-state index is 5.77. The van der Waals surface area contributed by atoms with E-state index in [0.717, 1.165) is 56.4 Å². The Bertz CT molecular complexity index is 521. The molecule has 1 aromatic rings. The Morgan fingerprint density at radius 1 is 1.00 bits per heavy atom. The van der Waals surface area contributed by atoms with Crippen LogP contribution in [0.15, 0.2) is 29.3 Å². The lowest BCUT2D eigenvalue weighted by Gasteiger charge is -2.12. The molecule has 0 atom stereocenters. The lowest BCUT2D eigenvalue weighted by atomic mass is 10.2. The van der Waals surface area contributed by atoms with E-state index < -0.39 is 0 Å². The van der Waals surface area contributed by atoms with Crippen LogP contribution in [0.3, 0.4) is 0 Å². The number of ether oxygens (including phenoxy) is 3. The summed E-state index contributed by atoms with van der Waals surface area (Å²) in [7, 11) is 5.82. The van der Waals surface area contributed by atoms with Crippen molar-refractivity contribution < 1.29 is 14.2 Å². The predicted octanol–water partition coefficient (Wildman–Crippen LogP) is 2.13. The molecule has 0 aromatic heterocycles. The number of guanidine groups is 1. The predicted molar refractivity (Wildman–Crippen MR) is 115 cm³/mol. The minimum absolute atomic E-state index is 0.626. The highest BCUT2D eigenvalue weighted by atomic mass is 16.5. The second kappa shape index (κ2) is 16.2. The van der Waals surface area contributed by atoms with E-state index in [4.69, 9.17) is 14.2 Å². The van der Waals surface area contributed by atoms with Gasteiger partial charge in [-0.05, 0) is 51.6 Å². The number of methoxy groups -OCH3 is 1. The van der Waals surface area contributed by atoms with E-state index in [0.29, 0.717) is 26.4 Å². The molecule has 0 aliphatic rings. The van der Waals surface area contributed by atoms with Gasteiger partial charge in [0, 0.05) is 33.4 Å². The minimum atomic E-state index is 0.626. The van der Waals surface area contributed by atoms with Gasteiger partial charge < -0.3 is 29.7 Å². The van der Waals surface area contributed by atoms with Crippen LogP contribution in [0.25, 0.3) is 0 Å².